The van der Waals surface area contributed by atoms with Crippen LogP contribution in [0.1, 0.15) is 34.6 Å². The molecule has 0 aliphatic carbocycles. The van der Waals surface area contributed by atoms with Crippen LogP contribution in [-0.4, -0.2) is 36.6 Å². The average Bonchev–Trinajstić information content (AvgIpc) is 2.20. The molecule has 0 aromatic heterocycles. The van der Waals surface area contributed by atoms with Crippen LogP contribution in [0.3, 0.4) is 0 Å². The van der Waals surface area contributed by atoms with Crippen molar-refractivity contribution in [1.29, 1.82) is 0 Å². The number of carboxylic acid groups (broad SMARTS) is 1. The first kappa shape index (κ1) is 14.7. The Balaban J connectivity index is 3.10. The number of hydrogen-bond acceptors (Lipinski definition) is 2. The van der Waals surface area contributed by atoms with Gasteiger partial charge in [0.25, 0.3) is 0 Å². The smallest absolute Gasteiger partial charge is 0.311 e. The standard InChI is InChI=1S/C15H23NO2/c1-10-8-11(2)14(12(3)9-10)13(15(17)18)6-7-16(4)5/h8-9,13H,6-7H2,1-5H3,(H,17,18). The molecule has 0 radical (unpaired) electrons. The molecular formula is C15H23NO2. The average molecular weight is 249 g/mol. The summed E-state index contributed by atoms with van der Waals surface area (Å²) in [7, 11) is 3.93. The Labute approximate surface area is 109 Å². The summed E-state index contributed by atoms with van der Waals surface area (Å²) in [6.07, 6.45) is 0.646. The van der Waals surface area contributed by atoms with Gasteiger partial charge in [-0.15, -0.1) is 0 Å². The molecule has 3 nitrogen and oxygen atoms in total. The van der Waals surface area contributed by atoms with Gasteiger partial charge in [0.2, 0.25) is 0 Å². The van der Waals surface area contributed by atoms with Crippen molar-refractivity contribution in [3.8, 4) is 0 Å². The molecule has 3 heteroatoms. The topological polar surface area (TPSA) is 40.5 Å². The second-order valence-corrected chi connectivity index (χ2v) is 5.30. The number of hydrogen-bond donors (Lipinski definition) is 1. The Morgan fingerprint density at radius 3 is 2.11 bits per heavy atom. The maximum atomic E-state index is 11.5. The van der Waals surface area contributed by atoms with E-state index in [1.807, 2.05) is 39.8 Å². The minimum atomic E-state index is -0.730. The molecule has 0 saturated carbocycles. The lowest BCUT2D eigenvalue weighted by molar-refractivity contribution is -0.139. The summed E-state index contributed by atoms with van der Waals surface area (Å²) in [6.45, 7) is 6.82. The number of carbonyl (C=O) groups is 1. The minimum Gasteiger partial charge on any atom is -0.481 e. The third kappa shape index (κ3) is 3.57. The van der Waals surface area contributed by atoms with Crippen LogP contribution in [0.5, 0.6) is 0 Å². The molecule has 0 aliphatic rings. The van der Waals surface area contributed by atoms with E-state index in [1.54, 1.807) is 0 Å². The number of rotatable bonds is 5. The molecule has 1 unspecified atom stereocenters. The SMILES string of the molecule is Cc1cc(C)c(C(CCN(C)C)C(=O)O)c(C)c1. The molecule has 1 aromatic carbocycles. The van der Waals surface area contributed by atoms with Gasteiger partial charge >= 0.3 is 5.97 Å². The first-order valence-electron chi connectivity index (χ1n) is 6.28. The van der Waals surface area contributed by atoms with Crippen molar-refractivity contribution in [1.82, 2.24) is 4.90 Å². The van der Waals surface area contributed by atoms with E-state index in [9.17, 15) is 9.90 Å². The van der Waals surface area contributed by atoms with Crippen molar-refractivity contribution in [2.75, 3.05) is 20.6 Å². The Morgan fingerprint density at radius 1 is 1.22 bits per heavy atom. The van der Waals surface area contributed by atoms with Crippen LogP contribution >= 0.6 is 0 Å². The molecule has 1 rings (SSSR count). The van der Waals surface area contributed by atoms with Crippen molar-refractivity contribution >= 4 is 5.97 Å². The van der Waals surface area contributed by atoms with Gasteiger partial charge in [-0.2, -0.15) is 0 Å². The molecule has 0 amide bonds. The maximum Gasteiger partial charge on any atom is 0.311 e. The summed E-state index contributed by atoms with van der Waals surface area (Å²) < 4.78 is 0. The lowest BCUT2D eigenvalue weighted by Crippen LogP contribution is -2.21. The molecule has 0 heterocycles. The summed E-state index contributed by atoms with van der Waals surface area (Å²) in [5.74, 6) is -1.14. The van der Waals surface area contributed by atoms with Crippen LogP contribution in [0.4, 0.5) is 0 Å². The summed E-state index contributed by atoms with van der Waals surface area (Å²) >= 11 is 0. The van der Waals surface area contributed by atoms with Crippen LogP contribution in [0.15, 0.2) is 12.1 Å². The Kier molecular flexibility index (Phi) is 4.91. The Hall–Kier alpha value is -1.35. The normalized spacial score (nSPS) is 12.8. The fraction of sp³-hybridized carbons (Fsp3) is 0.533. The predicted molar refractivity (Wildman–Crippen MR) is 74.2 cm³/mol. The highest BCUT2D eigenvalue weighted by atomic mass is 16.4. The Morgan fingerprint density at radius 2 is 1.72 bits per heavy atom. The number of aliphatic carboxylic acids is 1. The second-order valence-electron chi connectivity index (χ2n) is 5.30. The molecule has 0 saturated heterocycles. The zero-order valence-electron chi connectivity index (χ0n) is 11.9. The second kappa shape index (κ2) is 6.01. The van der Waals surface area contributed by atoms with E-state index in [0.29, 0.717) is 6.42 Å². The van der Waals surface area contributed by atoms with Gasteiger partial charge in [-0.1, -0.05) is 17.7 Å². The summed E-state index contributed by atoms with van der Waals surface area (Å²) in [5, 5.41) is 9.44. The number of aryl methyl sites for hydroxylation is 3. The third-order valence-electron chi connectivity index (χ3n) is 3.25. The monoisotopic (exact) mass is 249 g/mol. The summed E-state index contributed by atoms with van der Waals surface area (Å²) in [6, 6.07) is 4.13. The van der Waals surface area contributed by atoms with Gasteiger partial charge < -0.3 is 10.0 Å². The molecule has 1 aromatic rings. The highest BCUT2D eigenvalue weighted by Gasteiger charge is 2.23. The van der Waals surface area contributed by atoms with Crippen LogP contribution in [0.2, 0.25) is 0 Å². The van der Waals surface area contributed by atoms with Crippen molar-refractivity contribution in [3.63, 3.8) is 0 Å². The number of nitrogens with zero attached hydrogens (tertiary/aromatic N) is 1. The Bertz CT molecular complexity index is 415. The van der Waals surface area contributed by atoms with Crippen LogP contribution in [-0.2, 0) is 4.79 Å². The van der Waals surface area contributed by atoms with Gasteiger partial charge in [-0.3, -0.25) is 4.79 Å². The fourth-order valence-corrected chi connectivity index (χ4v) is 2.52. The van der Waals surface area contributed by atoms with Crippen LogP contribution in [0, 0.1) is 20.8 Å². The maximum absolute atomic E-state index is 11.5. The van der Waals surface area contributed by atoms with Crippen molar-refractivity contribution in [2.45, 2.75) is 33.1 Å². The van der Waals surface area contributed by atoms with Gasteiger partial charge in [0.05, 0.1) is 5.92 Å². The lowest BCUT2D eigenvalue weighted by Gasteiger charge is -2.20. The molecule has 100 valence electrons. The summed E-state index contributed by atoms with van der Waals surface area (Å²) in [4.78, 5) is 13.5. The third-order valence-corrected chi connectivity index (χ3v) is 3.25. The minimum absolute atomic E-state index is 0.409. The first-order valence-corrected chi connectivity index (χ1v) is 6.28. The van der Waals surface area contributed by atoms with Gasteiger partial charge in [-0.25, -0.2) is 0 Å². The van der Waals surface area contributed by atoms with E-state index >= 15 is 0 Å². The highest BCUT2D eigenvalue weighted by molar-refractivity contribution is 5.77. The van der Waals surface area contributed by atoms with Gasteiger partial charge in [0, 0.05) is 0 Å². The van der Waals surface area contributed by atoms with Crippen LogP contribution in [0.25, 0.3) is 0 Å². The molecule has 0 aliphatic heterocycles. The van der Waals surface area contributed by atoms with E-state index in [4.69, 9.17) is 0 Å². The molecule has 0 bridgehead atoms. The van der Waals surface area contributed by atoms with Crippen molar-refractivity contribution < 1.29 is 9.90 Å². The van der Waals surface area contributed by atoms with Gasteiger partial charge in [-0.05, 0) is 64.5 Å². The van der Waals surface area contributed by atoms with E-state index in [2.05, 4.69) is 12.1 Å². The number of carboxylic acids is 1. The zero-order valence-corrected chi connectivity index (χ0v) is 11.9. The van der Waals surface area contributed by atoms with Gasteiger partial charge in [0.1, 0.15) is 0 Å². The largest absolute Gasteiger partial charge is 0.481 e. The number of benzene rings is 1. The summed E-state index contributed by atoms with van der Waals surface area (Å²) in [5.41, 5.74) is 4.33. The molecule has 0 spiro atoms. The molecule has 1 N–H and O–H groups in total. The van der Waals surface area contributed by atoms with E-state index < -0.39 is 11.9 Å². The molecule has 18 heavy (non-hydrogen) atoms. The van der Waals surface area contributed by atoms with E-state index in [-0.39, 0.29) is 0 Å². The quantitative estimate of drug-likeness (QED) is 0.872. The van der Waals surface area contributed by atoms with Crippen LogP contribution < -0.4 is 0 Å². The van der Waals surface area contributed by atoms with Gasteiger partial charge in [0.15, 0.2) is 0 Å². The van der Waals surface area contributed by atoms with E-state index in [1.165, 1.54) is 5.56 Å². The molecule has 0 fully saturated rings. The zero-order chi connectivity index (χ0) is 13.9. The fourth-order valence-electron chi connectivity index (χ4n) is 2.52. The van der Waals surface area contributed by atoms with E-state index in [0.717, 1.165) is 23.2 Å². The molecule has 1 atom stereocenters. The van der Waals surface area contributed by atoms with Crippen molar-refractivity contribution in [2.24, 2.45) is 0 Å². The lowest BCUT2D eigenvalue weighted by atomic mass is 9.87. The first-order chi connectivity index (χ1) is 8.32. The molecular weight excluding hydrogens is 226 g/mol. The predicted octanol–water partition coefficient (Wildman–Crippen LogP) is 2.73. The highest BCUT2D eigenvalue weighted by Crippen LogP contribution is 2.28. The van der Waals surface area contributed by atoms with Crippen molar-refractivity contribution in [3.05, 3.63) is 34.4 Å².